The predicted molar refractivity (Wildman–Crippen MR) is 35.0 cm³/mol. The lowest BCUT2D eigenvalue weighted by Crippen LogP contribution is -1.80. The van der Waals surface area contributed by atoms with Gasteiger partial charge in [0.05, 0.1) is 0 Å². The first-order chi connectivity index (χ1) is 4.34. The van der Waals surface area contributed by atoms with E-state index in [9.17, 15) is 0 Å². The highest BCUT2D eigenvalue weighted by Crippen LogP contribution is 2.12. The van der Waals surface area contributed by atoms with E-state index >= 15 is 0 Å². The van der Waals surface area contributed by atoms with E-state index in [4.69, 9.17) is 5.11 Å². The van der Waals surface area contributed by atoms with Gasteiger partial charge in [0.2, 0.25) is 5.88 Å². The summed E-state index contributed by atoms with van der Waals surface area (Å²) in [5.41, 5.74) is 0.775. The molecule has 0 aromatic carbocycles. The van der Waals surface area contributed by atoms with Crippen molar-refractivity contribution in [3.63, 3.8) is 0 Å². The Morgan fingerprint density at radius 2 is 2.44 bits per heavy atom. The molecule has 1 heterocycles. The molecule has 1 radical (unpaired) electrons. The fourth-order valence-corrected chi connectivity index (χ4v) is 0.635. The first-order valence-electron chi connectivity index (χ1n) is 2.78. The van der Waals surface area contributed by atoms with Crippen molar-refractivity contribution in [2.24, 2.45) is 0 Å². The minimum absolute atomic E-state index is 0.0972. The molecule has 0 fully saturated rings. The summed E-state index contributed by atoms with van der Waals surface area (Å²) in [4.78, 5) is 3.67. The second-order valence-electron chi connectivity index (χ2n) is 1.70. The summed E-state index contributed by atoms with van der Waals surface area (Å²) in [6, 6.07) is 3.59. The first kappa shape index (κ1) is 6.08. The molecule has 2 nitrogen and oxygen atoms in total. The van der Waals surface area contributed by atoms with Gasteiger partial charge in [0.15, 0.2) is 0 Å². The third-order valence-electron chi connectivity index (χ3n) is 1.13. The Labute approximate surface area is 54.2 Å². The van der Waals surface area contributed by atoms with Crippen molar-refractivity contribution in [3.8, 4) is 5.88 Å². The van der Waals surface area contributed by atoms with Gasteiger partial charge in [0.1, 0.15) is 0 Å². The van der Waals surface area contributed by atoms with Crippen molar-refractivity contribution in [2.75, 3.05) is 0 Å². The Kier molecular flexibility index (Phi) is 1.68. The van der Waals surface area contributed by atoms with Crippen molar-refractivity contribution in [3.05, 3.63) is 30.3 Å². The van der Waals surface area contributed by atoms with Crippen LogP contribution in [0.3, 0.4) is 0 Å². The standard InChI is InChI=1S/C7H8NO/c1-2-6-4-3-5-8-7(6)9/h2-5H,1H3,(H,8,9). The Morgan fingerprint density at radius 1 is 1.67 bits per heavy atom. The van der Waals surface area contributed by atoms with Gasteiger partial charge in [0.25, 0.3) is 0 Å². The molecule has 0 aliphatic carbocycles. The average molecular weight is 122 g/mol. The van der Waals surface area contributed by atoms with Crippen LogP contribution < -0.4 is 0 Å². The molecule has 0 amide bonds. The first-order valence-corrected chi connectivity index (χ1v) is 2.78. The Hall–Kier alpha value is -1.05. The van der Waals surface area contributed by atoms with Crippen molar-refractivity contribution in [2.45, 2.75) is 6.92 Å². The Bertz CT molecular complexity index is 198. The summed E-state index contributed by atoms with van der Waals surface area (Å²) in [5, 5.41) is 8.97. The van der Waals surface area contributed by atoms with E-state index in [2.05, 4.69) is 4.98 Å². The highest BCUT2D eigenvalue weighted by Gasteiger charge is 1.94. The average Bonchev–Trinajstić information content (AvgIpc) is 1.89. The van der Waals surface area contributed by atoms with E-state index in [0.29, 0.717) is 0 Å². The van der Waals surface area contributed by atoms with Crippen LogP contribution in [-0.2, 0) is 0 Å². The largest absolute Gasteiger partial charge is 0.493 e. The van der Waals surface area contributed by atoms with E-state index in [1.807, 2.05) is 19.4 Å². The van der Waals surface area contributed by atoms with Crippen LogP contribution >= 0.6 is 0 Å². The zero-order valence-electron chi connectivity index (χ0n) is 5.20. The highest BCUT2D eigenvalue weighted by atomic mass is 16.3. The summed E-state index contributed by atoms with van der Waals surface area (Å²) in [6.45, 7) is 1.86. The van der Waals surface area contributed by atoms with Gasteiger partial charge in [-0.05, 0) is 12.5 Å². The molecule has 1 N–H and O–H groups in total. The zero-order chi connectivity index (χ0) is 6.69. The molecule has 1 rings (SSSR count). The minimum atomic E-state index is 0.0972. The third-order valence-corrected chi connectivity index (χ3v) is 1.13. The van der Waals surface area contributed by atoms with E-state index in [0.717, 1.165) is 5.56 Å². The maximum Gasteiger partial charge on any atom is 0.214 e. The van der Waals surface area contributed by atoms with E-state index < -0.39 is 0 Å². The number of aromatic hydroxyl groups is 1. The predicted octanol–water partition coefficient (Wildman–Crippen LogP) is 1.36. The highest BCUT2D eigenvalue weighted by molar-refractivity contribution is 5.29. The number of rotatable bonds is 1. The topological polar surface area (TPSA) is 33.1 Å². The number of hydrogen-bond donors (Lipinski definition) is 1. The second-order valence-corrected chi connectivity index (χ2v) is 1.70. The Morgan fingerprint density at radius 3 is 2.89 bits per heavy atom. The van der Waals surface area contributed by atoms with Crippen LogP contribution in [0.1, 0.15) is 12.5 Å². The molecule has 0 saturated heterocycles. The van der Waals surface area contributed by atoms with Crippen LogP contribution in [0.2, 0.25) is 0 Å². The molecular formula is C7H8NO. The molecular weight excluding hydrogens is 114 g/mol. The van der Waals surface area contributed by atoms with Crippen LogP contribution in [0.4, 0.5) is 0 Å². The lowest BCUT2D eigenvalue weighted by molar-refractivity contribution is 0.450. The minimum Gasteiger partial charge on any atom is -0.493 e. The van der Waals surface area contributed by atoms with Crippen molar-refractivity contribution in [1.82, 2.24) is 4.98 Å². The smallest absolute Gasteiger partial charge is 0.214 e. The normalized spacial score (nSPS) is 9.44. The van der Waals surface area contributed by atoms with Gasteiger partial charge in [0, 0.05) is 11.8 Å². The van der Waals surface area contributed by atoms with Crippen molar-refractivity contribution in [1.29, 1.82) is 0 Å². The fraction of sp³-hybridized carbons (Fsp3) is 0.143. The summed E-state index contributed by atoms with van der Waals surface area (Å²) in [7, 11) is 0. The lowest BCUT2D eigenvalue weighted by atomic mass is 10.2. The van der Waals surface area contributed by atoms with Gasteiger partial charge in [-0.2, -0.15) is 0 Å². The molecule has 9 heavy (non-hydrogen) atoms. The molecule has 0 spiro atoms. The molecule has 0 atom stereocenters. The van der Waals surface area contributed by atoms with E-state index in [1.165, 1.54) is 0 Å². The molecule has 0 saturated carbocycles. The molecule has 47 valence electrons. The Balaban J connectivity index is 3.01. The number of pyridine rings is 1. The van der Waals surface area contributed by atoms with Gasteiger partial charge in [-0.25, -0.2) is 4.98 Å². The fourth-order valence-electron chi connectivity index (χ4n) is 0.635. The van der Waals surface area contributed by atoms with Crippen LogP contribution in [0.5, 0.6) is 5.88 Å². The molecule has 1 aromatic heterocycles. The number of nitrogens with zero attached hydrogens (tertiary/aromatic N) is 1. The maximum atomic E-state index is 8.97. The van der Waals surface area contributed by atoms with Crippen LogP contribution in [0.25, 0.3) is 0 Å². The summed E-state index contributed by atoms with van der Waals surface area (Å²) in [6.07, 6.45) is 3.37. The van der Waals surface area contributed by atoms with E-state index in [-0.39, 0.29) is 5.88 Å². The van der Waals surface area contributed by atoms with Crippen LogP contribution in [0, 0.1) is 6.42 Å². The summed E-state index contributed by atoms with van der Waals surface area (Å²) < 4.78 is 0. The van der Waals surface area contributed by atoms with Gasteiger partial charge in [-0.1, -0.05) is 13.0 Å². The number of aromatic nitrogens is 1. The van der Waals surface area contributed by atoms with Gasteiger partial charge < -0.3 is 5.11 Å². The lowest BCUT2D eigenvalue weighted by Gasteiger charge is -1.95. The van der Waals surface area contributed by atoms with Crippen LogP contribution in [0.15, 0.2) is 18.3 Å². The number of hydrogen-bond acceptors (Lipinski definition) is 2. The second kappa shape index (κ2) is 2.49. The molecule has 0 unspecified atom stereocenters. The molecule has 0 bridgehead atoms. The van der Waals surface area contributed by atoms with E-state index in [1.54, 1.807) is 12.3 Å². The molecule has 0 aliphatic rings. The summed E-state index contributed by atoms with van der Waals surface area (Å²) >= 11 is 0. The quantitative estimate of drug-likeness (QED) is 0.610. The van der Waals surface area contributed by atoms with Gasteiger partial charge in [-0.3, -0.25) is 0 Å². The third kappa shape index (κ3) is 1.19. The summed E-state index contributed by atoms with van der Waals surface area (Å²) in [5.74, 6) is 0.0972. The van der Waals surface area contributed by atoms with Gasteiger partial charge >= 0.3 is 0 Å². The maximum absolute atomic E-state index is 8.97. The zero-order valence-corrected chi connectivity index (χ0v) is 5.20. The van der Waals surface area contributed by atoms with Crippen molar-refractivity contribution < 1.29 is 5.11 Å². The molecule has 2 heteroatoms. The molecule has 1 aromatic rings. The monoisotopic (exact) mass is 122 g/mol. The molecule has 0 aliphatic heterocycles. The van der Waals surface area contributed by atoms with Gasteiger partial charge in [-0.15, -0.1) is 0 Å². The SMILES string of the molecule is C[CH]c1cccnc1O. The van der Waals surface area contributed by atoms with Crippen molar-refractivity contribution >= 4 is 0 Å². The van der Waals surface area contributed by atoms with Crippen LogP contribution in [-0.4, -0.2) is 10.1 Å².